The van der Waals surface area contributed by atoms with Gasteiger partial charge in [0.1, 0.15) is 11.5 Å². The number of fused-ring (bicyclic) bond motifs is 1. The average Bonchev–Trinajstić information content (AvgIpc) is 3.43. The number of rotatable bonds is 3. The second kappa shape index (κ2) is 7.23. The maximum absolute atomic E-state index is 13.0. The molecular formula is C20H20FN7O. The van der Waals surface area contributed by atoms with Crippen LogP contribution in [0.25, 0.3) is 11.1 Å². The lowest BCUT2D eigenvalue weighted by Crippen LogP contribution is -2.43. The maximum Gasteiger partial charge on any atom is 0.272 e. The minimum absolute atomic E-state index is 0.0396. The van der Waals surface area contributed by atoms with Crippen molar-refractivity contribution in [3.05, 3.63) is 54.8 Å². The minimum atomic E-state index is -0.576. The highest BCUT2D eigenvalue weighted by atomic mass is 19.1. The topological polar surface area (TPSA) is 90.9 Å². The third-order valence-corrected chi connectivity index (χ3v) is 5.83. The number of carbonyl (C=O) groups is 1. The van der Waals surface area contributed by atoms with Crippen LogP contribution in [0.5, 0.6) is 0 Å². The van der Waals surface area contributed by atoms with Gasteiger partial charge in [-0.25, -0.2) is 9.97 Å². The summed E-state index contributed by atoms with van der Waals surface area (Å²) in [5.41, 5.74) is 2.31. The van der Waals surface area contributed by atoms with Crippen molar-refractivity contribution in [3.63, 3.8) is 0 Å². The minimum Gasteiger partial charge on any atom is -0.355 e. The van der Waals surface area contributed by atoms with E-state index < -0.39 is 5.95 Å². The Labute approximate surface area is 166 Å². The van der Waals surface area contributed by atoms with Gasteiger partial charge in [-0.1, -0.05) is 6.07 Å². The molecule has 1 amide bonds. The van der Waals surface area contributed by atoms with Gasteiger partial charge in [0.15, 0.2) is 0 Å². The molecule has 2 fully saturated rings. The first kappa shape index (κ1) is 17.7. The Bertz CT molecular complexity index is 991. The van der Waals surface area contributed by atoms with Crippen LogP contribution in [0.3, 0.4) is 0 Å². The van der Waals surface area contributed by atoms with Gasteiger partial charge in [-0.2, -0.15) is 9.49 Å². The third kappa shape index (κ3) is 3.43. The molecule has 29 heavy (non-hydrogen) atoms. The Morgan fingerprint density at radius 3 is 2.62 bits per heavy atom. The van der Waals surface area contributed by atoms with E-state index in [4.69, 9.17) is 0 Å². The zero-order valence-corrected chi connectivity index (χ0v) is 15.7. The number of hydrogen-bond donors (Lipinski definition) is 1. The molecule has 2 atom stereocenters. The summed E-state index contributed by atoms with van der Waals surface area (Å²) in [6.45, 7) is 3.07. The number of amides is 1. The molecule has 2 aliphatic heterocycles. The van der Waals surface area contributed by atoms with E-state index in [2.05, 4.69) is 30.0 Å². The predicted molar refractivity (Wildman–Crippen MR) is 104 cm³/mol. The van der Waals surface area contributed by atoms with Gasteiger partial charge < -0.3 is 9.80 Å². The monoisotopic (exact) mass is 393 g/mol. The van der Waals surface area contributed by atoms with Crippen molar-refractivity contribution in [2.24, 2.45) is 11.8 Å². The Hall–Kier alpha value is -3.36. The van der Waals surface area contributed by atoms with Crippen molar-refractivity contribution in [2.75, 3.05) is 31.1 Å². The Morgan fingerprint density at radius 2 is 1.90 bits per heavy atom. The summed E-state index contributed by atoms with van der Waals surface area (Å²) in [6, 6.07) is 3.66. The molecule has 8 nitrogen and oxygen atoms in total. The Kier molecular flexibility index (Phi) is 4.42. The molecule has 0 aromatic carbocycles. The molecule has 2 saturated heterocycles. The van der Waals surface area contributed by atoms with Crippen molar-refractivity contribution in [1.29, 1.82) is 0 Å². The first-order valence-electron chi connectivity index (χ1n) is 9.64. The number of nitrogens with one attached hydrogen (secondary N) is 1. The summed E-state index contributed by atoms with van der Waals surface area (Å²) in [7, 11) is 0. The second-order valence-electron chi connectivity index (χ2n) is 7.58. The molecule has 0 bridgehead atoms. The molecule has 0 radical (unpaired) electrons. The van der Waals surface area contributed by atoms with Crippen LogP contribution in [0, 0.1) is 17.8 Å². The van der Waals surface area contributed by atoms with E-state index in [0.717, 1.165) is 36.8 Å². The summed E-state index contributed by atoms with van der Waals surface area (Å²) in [5, 5.41) is 6.71. The van der Waals surface area contributed by atoms with Crippen LogP contribution < -0.4 is 4.90 Å². The zero-order valence-electron chi connectivity index (χ0n) is 15.7. The summed E-state index contributed by atoms with van der Waals surface area (Å²) < 4.78 is 13.0. The molecule has 148 valence electrons. The van der Waals surface area contributed by atoms with Gasteiger partial charge in [-0.15, -0.1) is 0 Å². The van der Waals surface area contributed by atoms with Crippen molar-refractivity contribution in [2.45, 2.75) is 6.42 Å². The van der Waals surface area contributed by atoms with Crippen molar-refractivity contribution in [3.8, 4) is 11.1 Å². The van der Waals surface area contributed by atoms with Gasteiger partial charge in [0.25, 0.3) is 5.91 Å². The van der Waals surface area contributed by atoms with Gasteiger partial charge in [-0.3, -0.25) is 14.9 Å². The van der Waals surface area contributed by atoms with Crippen LogP contribution in [0.15, 0.2) is 43.1 Å². The highest BCUT2D eigenvalue weighted by Crippen LogP contribution is 2.33. The predicted octanol–water partition coefficient (Wildman–Crippen LogP) is 2.00. The molecule has 3 aromatic rings. The number of anilines is 1. The quantitative estimate of drug-likeness (QED) is 0.732. The normalized spacial score (nSPS) is 21.3. The number of piperidine rings is 1. The highest BCUT2D eigenvalue weighted by Gasteiger charge is 2.39. The molecule has 0 unspecified atom stereocenters. The first-order valence-corrected chi connectivity index (χ1v) is 9.64. The number of carbonyl (C=O) groups excluding carboxylic acids is 1. The van der Waals surface area contributed by atoms with Crippen LogP contribution in [0.4, 0.5) is 10.2 Å². The van der Waals surface area contributed by atoms with Gasteiger partial charge in [0.2, 0.25) is 5.95 Å². The van der Waals surface area contributed by atoms with Crippen LogP contribution in [0.2, 0.25) is 0 Å². The van der Waals surface area contributed by atoms with Crippen molar-refractivity contribution < 1.29 is 9.18 Å². The van der Waals surface area contributed by atoms with Crippen molar-refractivity contribution in [1.82, 2.24) is 30.0 Å². The van der Waals surface area contributed by atoms with Crippen molar-refractivity contribution >= 4 is 11.7 Å². The summed E-state index contributed by atoms with van der Waals surface area (Å²) in [5.74, 6) is 0.943. The maximum atomic E-state index is 13.0. The van der Waals surface area contributed by atoms with E-state index in [-0.39, 0.29) is 5.91 Å². The van der Waals surface area contributed by atoms with Crippen LogP contribution in [0.1, 0.15) is 16.9 Å². The zero-order chi connectivity index (χ0) is 19.8. The van der Waals surface area contributed by atoms with E-state index in [9.17, 15) is 9.18 Å². The van der Waals surface area contributed by atoms with Crippen LogP contribution in [-0.4, -0.2) is 62.1 Å². The number of H-pyrrole nitrogens is 1. The van der Waals surface area contributed by atoms with E-state index >= 15 is 0 Å². The van der Waals surface area contributed by atoms with E-state index in [1.807, 2.05) is 11.0 Å². The van der Waals surface area contributed by atoms with E-state index in [1.54, 1.807) is 24.7 Å². The molecule has 9 heteroatoms. The SMILES string of the molecule is O=C(c1ccc(-c2cn[nH]c2)cn1)N1CC[C@H]2CN(c3cnc(F)cn3)C[C@H]2C1. The Balaban J connectivity index is 1.25. The van der Waals surface area contributed by atoms with Gasteiger partial charge >= 0.3 is 0 Å². The number of hydrogen-bond acceptors (Lipinski definition) is 6. The molecular weight excluding hydrogens is 373 g/mol. The molecule has 2 aliphatic rings. The molecule has 1 N–H and O–H groups in total. The number of nitrogens with zero attached hydrogens (tertiary/aromatic N) is 6. The largest absolute Gasteiger partial charge is 0.355 e. The van der Waals surface area contributed by atoms with E-state index in [0.29, 0.717) is 36.4 Å². The molecule has 0 aliphatic carbocycles. The van der Waals surface area contributed by atoms with E-state index in [1.165, 1.54) is 6.20 Å². The molecule has 0 saturated carbocycles. The van der Waals surface area contributed by atoms with Crippen LogP contribution >= 0.6 is 0 Å². The highest BCUT2D eigenvalue weighted by molar-refractivity contribution is 5.92. The molecule has 5 rings (SSSR count). The lowest BCUT2D eigenvalue weighted by Gasteiger charge is -2.34. The third-order valence-electron chi connectivity index (χ3n) is 5.83. The summed E-state index contributed by atoms with van der Waals surface area (Å²) >= 11 is 0. The average molecular weight is 393 g/mol. The number of aromatic nitrogens is 5. The molecule has 0 spiro atoms. The lowest BCUT2D eigenvalue weighted by molar-refractivity contribution is 0.0636. The molecule has 5 heterocycles. The number of pyridine rings is 1. The van der Waals surface area contributed by atoms with Gasteiger partial charge in [-0.05, 0) is 24.3 Å². The van der Waals surface area contributed by atoms with Crippen LogP contribution in [-0.2, 0) is 0 Å². The number of likely N-dealkylation sites (tertiary alicyclic amines) is 1. The standard InChI is InChI=1S/C20H20FN7O/c21-18-8-24-19(9-23-18)28-10-14-3-4-27(11-16(14)12-28)20(29)17-2-1-13(5-22-17)15-6-25-26-7-15/h1-2,5-9,14,16H,3-4,10-12H2,(H,25,26)/t14-,16+/m0/s1. The number of aromatic amines is 1. The number of halogens is 1. The van der Waals surface area contributed by atoms with Gasteiger partial charge in [0, 0.05) is 49.7 Å². The smallest absolute Gasteiger partial charge is 0.272 e. The van der Waals surface area contributed by atoms with Gasteiger partial charge in [0.05, 0.1) is 18.6 Å². The lowest BCUT2D eigenvalue weighted by atomic mass is 9.88. The fourth-order valence-electron chi connectivity index (χ4n) is 4.27. The molecule has 3 aromatic heterocycles. The summed E-state index contributed by atoms with van der Waals surface area (Å²) in [6.07, 6.45) is 8.78. The fourth-order valence-corrected chi connectivity index (χ4v) is 4.27. The summed E-state index contributed by atoms with van der Waals surface area (Å²) in [4.78, 5) is 29.2. The Morgan fingerprint density at radius 1 is 1.00 bits per heavy atom. The second-order valence-corrected chi connectivity index (χ2v) is 7.58. The fraction of sp³-hybridized carbons (Fsp3) is 0.350. The first-order chi connectivity index (χ1) is 14.2.